The lowest BCUT2D eigenvalue weighted by atomic mass is 10.2. The fourth-order valence-electron chi connectivity index (χ4n) is 1.42. The van der Waals surface area contributed by atoms with Crippen molar-refractivity contribution in [2.24, 2.45) is 0 Å². The molecule has 1 N–H and O–H groups in total. The second-order valence-electron chi connectivity index (χ2n) is 3.28. The summed E-state index contributed by atoms with van der Waals surface area (Å²) < 4.78 is 5.62. The quantitative estimate of drug-likeness (QED) is 0.781. The van der Waals surface area contributed by atoms with E-state index in [-0.39, 0.29) is 6.10 Å². The van der Waals surface area contributed by atoms with Gasteiger partial charge in [-0.05, 0) is 19.4 Å². The van der Waals surface area contributed by atoms with Gasteiger partial charge in [-0.25, -0.2) is 9.97 Å². The summed E-state index contributed by atoms with van der Waals surface area (Å²) in [6, 6.07) is 1.85. The number of hydrogen-bond donors (Lipinski definition) is 1. The summed E-state index contributed by atoms with van der Waals surface area (Å²) in [6.07, 6.45) is 3.81. The Hall–Kier alpha value is -1.16. The van der Waals surface area contributed by atoms with Crippen LogP contribution in [0.25, 0.3) is 0 Å². The Kier molecular flexibility index (Phi) is 5.04. The fourth-order valence-corrected chi connectivity index (χ4v) is 1.42. The number of nitrogens with one attached hydrogen (secondary N) is 1. The molecule has 0 aliphatic heterocycles. The van der Waals surface area contributed by atoms with Gasteiger partial charge in [-0.3, -0.25) is 0 Å². The van der Waals surface area contributed by atoms with Crippen LogP contribution in [0.3, 0.4) is 0 Å². The van der Waals surface area contributed by atoms with Crippen molar-refractivity contribution in [2.45, 2.75) is 32.8 Å². The summed E-state index contributed by atoms with van der Waals surface area (Å²) in [5.41, 5.74) is 0. The van der Waals surface area contributed by atoms with Crippen molar-refractivity contribution in [3.63, 3.8) is 0 Å². The van der Waals surface area contributed by atoms with Crippen molar-refractivity contribution in [1.82, 2.24) is 9.97 Å². The predicted octanol–water partition coefficient (Wildman–Crippen LogP) is 2.40. The molecule has 0 aromatic carbocycles. The first-order valence-corrected chi connectivity index (χ1v) is 5.44. The van der Waals surface area contributed by atoms with Crippen LogP contribution in [0.1, 0.15) is 38.6 Å². The van der Waals surface area contributed by atoms with E-state index in [2.05, 4.69) is 22.2 Å². The minimum absolute atomic E-state index is 0.0216. The van der Waals surface area contributed by atoms with Crippen molar-refractivity contribution >= 4 is 5.82 Å². The zero-order chi connectivity index (χ0) is 11.1. The van der Waals surface area contributed by atoms with Gasteiger partial charge in [-0.1, -0.05) is 13.3 Å². The minimum atomic E-state index is 0.0216. The van der Waals surface area contributed by atoms with Gasteiger partial charge in [-0.15, -0.1) is 0 Å². The standard InChI is InChI=1S/C11H19N3O/c1-4-6-9(15-5-2)11-13-8-7-10(12-3)14-11/h7-9H,4-6H2,1-3H3,(H,12,13,14). The Balaban J connectivity index is 2.79. The van der Waals surface area contributed by atoms with Crippen LogP contribution in [0.2, 0.25) is 0 Å². The van der Waals surface area contributed by atoms with Crippen LogP contribution in [0.5, 0.6) is 0 Å². The highest BCUT2D eigenvalue weighted by atomic mass is 16.5. The Morgan fingerprint density at radius 1 is 1.47 bits per heavy atom. The lowest BCUT2D eigenvalue weighted by molar-refractivity contribution is 0.0495. The number of aromatic nitrogens is 2. The second kappa shape index (κ2) is 6.35. The summed E-state index contributed by atoms with van der Waals surface area (Å²) in [7, 11) is 1.85. The van der Waals surface area contributed by atoms with Gasteiger partial charge in [0, 0.05) is 19.9 Å². The maximum Gasteiger partial charge on any atom is 0.159 e. The molecule has 0 spiro atoms. The highest BCUT2D eigenvalue weighted by molar-refractivity contribution is 5.31. The number of nitrogens with zero attached hydrogens (tertiary/aromatic N) is 2. The smallest absolute Gasteiger partial charge is 0.159 e. The van der Waals surface area contributed by atoms with E-state index in [0.717, 1.165) is 24.5 Å². The summed E-state index contributed by atoms with van der Waals surface area (Å²) >= 11 is 0. The lowest BCUT2D eigenvalue weighted by Gasteiger charge is -2.15. The van der Waals surface area contributed by atoms with Crippen molar-refractivity contribution in [3.05, 3.63) is 18.1 Å². The second-order valence-corrected chi connectivity index (χ2v) is 3.28. The summed E-state index contributed by atoms with van der Waals surface area (Å²) in [4.78, 5) is 8.63. The molecular formula is C11H19N3O. The molecule has 1 aromatic rings. The van der Waals surface area contributed by atoms with E-state index >= 15 is 0 Å². The maximum absolute atomic E-state index is 5.62. The number of hydrogen-bond acceptors (Lipinski definition) is 4. The number of ether oxygens (including phenoxy) is 1. The first kappa shape index (κ1) is 11.9. The molecule has 15 heavy (non-hydrogen) atoms. The number of rotatable bonds is 6. The Morgan fingerprint density at radius 3 is 2.87 bits per heavy atom. The third kappa shape index (κ3) is 3.47. The molecule has 0 saturated heterocycles. The molecule has 1 aromatic heterocycles. The first-order chi connectivity index (χ1) is 7.31. The molecule has 1 rings (SSSR count). The molecule has 0 amide bonds. The maximum atomic E-state index is 5.62. The van der Waals surface area contributed by atoms with Crippen LogP contribution in [0.4, 0.5) is 5.82 Å². The van der Waals surface area contributed by atoms with Gasteiger partial charge < -0.3 is 10.1 Å². The van der Waals surface area contributed by atoms with Gasteiger partial charge >= 0.3 is 0 Å². The molecule has 0 aliphatic rings. The van der Waals surface area contributed by atoms with E-state index < -0.39 is 0 Å². The van der Waals surface area contributed by atoms with E-state index in [4.69, 9.17) is 4.74 Å². The third-order valence-electron chi connectivity index (χ3n) is 2.14. The molecule has 1 heterocycles. The van der Waals surface area contributed by atoms with Crippen LogP contribution in [-0.2, 0) is 4.74 Å². The summed E-state index contributed by atoms with van der Waals surface area (Å²) in [6.45, 7) is 4.82. The van der Waals surface area contributed by atoms with Crippen LogP contribution in [0, 0.1) is 0 Å². The highest BCUT2D eigenvalue weighted by Gasteiger charge is 2.13. The fraction of sp³-hybridized carbons (Fsp3) is 0.636. The largest absolute Gasteiger partial charge is 0.373 e. The summed E-state index contributed by atoms with van der Waals surface area (Å²) in [5, 5.41) is 3.00. The van der Waals surface area contributed by atoms with Gasteiger partial charge in [0.15, 0.2) is 5.82 Å². The third-order valence-corrected chi connectivity index (χ3v) is 2.14. The van der Waals surface area contributed by atoms with E-state index in [1.165, 1.54) is 0 Å². The molecule has 0 radical (unpaired) electrons. The highest BCUT2D eigenvalue weighted by Crippen LogP contribution is 2.19. The van der Waals surface area contributed by atoms with Gasteiger partial charge in [0.25, 0.3) is 0 Å². The Bertz CT molecular complexity index is 285. The molecular weight excluding hydrogens is 190 g/mol. The average Bonchev–Trinajstić information content (AvgIpc) is 2.29. The van der Waals surface area contributed by atoms with Crippen molar-refractivity contribution in [3.8, 4) is 0 Å². The molecule has 4 heteroatoms. The molecule has 1 atom stereocenters. The molecule has 0 bridgehead atoms. The first-order valence-electron chi connectivity index (χ1n) is 5.44. The minimum Gasteiger partial charge on any atom is -0.373 e. The van der Waals surface area contributed by atoms with Crippen LogP contribution in [-0.4, -0.2) is 23.6 Å². The SMILES string of the molecule is CCCC(OCC)c1nccc(NC)n1. The molecule has 0 saturated carbocycles. The molecule has 1 unspecified atom stereocenters. The Morgan fingerprint density at radius 2 is 2.27 bits per heavy atom. The van der Waals surface area contributed by atoms with E-state index in [9.17, 15) is 0 Å². The van der Waals surface area contributed by atoms with Crippen LogP contribution < -0.4 is 5.32 Å². The van der Waals surface area contributed by atoms with Crippen LogP contribution in [0.15, 0.2) is 12.3 Å². The normalized spacial score (nSPS) is 12.5. The monoisotopic (exact) mass is 209 g/mol. The average molecular weight is 209 g/mol. The van der Waals surface area contributed by atoms with Crippen LogP contribution >= 0.6 is 0 Å². The van der Waals surface area contributed by atoms with Gasteiger partial charge in [0.05, 0.1) is 0 Å². The zero-order valence-corrected chi connectivity index (χ0v) is 9.66. The number of anilines is 1. The van der Waals surface area contributed by atoms with Crippen molar-refractivity contribution < 1.29 is 4.74 Å². The molecule has 0 aliphatic carbocycles. The van der Waals surface area contributed by atoms with E-state index in [1.54, 1.807) is 6.20 Å². The summed E-state index contributed by atoms with van der Waals surface area (Å²) in [5.74, 6) is 1.60. The van der Waals surface area contributed by atoms with Crippen molar-refractivity contribution in [2.75, 3.05) is 19.0 Å². The molecule has 0 fully saturated rings. The zero-order valence-electron chi connectivity index (χ0n) is 9.66. The van der Waals surface area contributed by atoms with E-state index in [0.29, 0.717) is 6.61 Å². The van der Waals surface area contributed by atoms with Gasteiger partial charge in [0.2, 0.25) is 0 Å². The van der Waals surface area contributed by atoms with Crippen molar-refractivity contribution in [1.29, 1.82) is 0 Å². The van der Waals surface area contributed by atoms with E-state index in [1.807, 2.05) is 20.0 Å². The molecule has 84 valence electrons. The van der Waals surface area contributed by atoms with Gasteiger partial charge in [0.1, 0.15) is 11.9 Å². The predicted molar refractivity (Wildman–Crippen MR) is 60.9 cm³/mol. The Labute approximate surface area is 91.1 Å². The molecule has 4 nitrogen and oxygen atoms in total. The lowest BCUT2D eigenvalue weighted by Crippen LogP contribution is -2.09. The topological polar surface area (TPSA) is 47.0 Å². The van der Waals surface area contributed by atoms with Gasteiger partial charge in [-0.2, -0.15) is 0 Å².